The number of thiophene rings is 1. The quantitative estimate of drug-likeness (QED) is 0.453. The first-order chi connectivity index (χ1) is 15.6. The summed E-state index contributed by atoms with van der Waals surface area (Å²) in [4.78, 5) is 36.8. The number of piperidine rings is 1. The van der Waals surface area contributed by atoms with Gasteiger partial charge < -0.3 is 14.6 Å². The molecule has 0 atom stereocenters. The molecule has 1 aliphatic heterocycles. The summed E-state index contributed by atoms with van der Waals surface area (Å²) in [5, 5.41) is 7.14. The number of nitrogens with one attached hydrogen (secondary N) is 1. The third-order valence-electron chi connectivity index (χ3n) is 5.55. The van der Waals surface area contributed by atoms with Crippen molar-refractivity contribution in [2.75, 3.05) is 18.4 Å². The number of para-hydroxylation sites is 2. The summed E-state index contributed by atoms with van der Waals surface area (Å²) < 4.78 is 5.91. The van der Waals surface area contributed by atoms with Gasteiger partial charge in [-0.3, -0.25) is 9.59 Å². The summed E-state index contributed by atoms with van der Waals surface area (Å²) in [6, 6.07) is 11.6. The van der Waals surface area contributed by atoms with Crippen molar-refractivity contribution in [2.24, 2.45) is 0 Å². The van der Waals surface area contributed by atoms with Crippen LogP contribution in [0.2, 0.25) is 0 Å². The number of rotatable bonds is 6. The van der Waals surface area contributed by atoms with Gasteiger partial charge in [-0.1, -0.05) is 18.2 Å². The smallest absolute Gasteiger partial charge is 0.231 e. The molecule has 1 saturated heterocycles. The minimum atomic E-state index is -0.0963. The van der Waals surface area contributed by atoms with Gasteiger partial charge in [0, 0.05) is 29.3 Å². The Kier molecular flexibility index (Phi) is 6.00. The lowest BCUT2D eigenvalue weighted by atomic mass is 9.96. The van der Waals surface area contributed by atoms with Crippen molar-refractivity contribution >= 4 is 50.7 Å². The van der Waals surface area contributed by atoms with Gasteiger partial charge in [0.2, 0.25) is 11.8 Å². The predicted molar refractivity (Wildman–Crippen MR) is 125 cm³/mol. The summed E-state index contributed by atoms with van der Waals surface area (Å²) in [5.41, 5.74) is 2.37. The van der Waals surface area contributed by atoms with Crippen molar-refractivity contribution in [2.45, 2.75) is 31.6 Å². The summed E-state index contributed by atoms with van der Waals surface area (Å²) >= 11 is 2.90. The van der Waals surface area contributed by atoms with Crippen LogP contribution in [0.3, 0.4) is 0 Å². The molecule has 7 nitrogen and oxygen atoms in total. The summed E-state index contributed by atoms with van der Waals surface area (Å²) in [5.74, 6) is 0.959. The molecule has 4 heterocycles. The van der Waals surface area contributed by atoms with E-state index in [9.17, 15) is 9.59 Å². The molecule has 1 N–H and O–H groups in total. The zero-order valence-corrected chi connectivity index (χ0v) is 19.0. The molecule has 0 bridgehead atoms. The number of benzene rings is 1. The molecule has 3 aromatic heterocycles. The van der Waals surface area contributed by atoms with Crippen LogP contribution in [-0.4, -0.2) is 39.8 Å². The molecule has 4 aromatic rings. The van der Waals surface area contributed by atoms with E-state index in [-0.39, 0.29) is 24.2 Å². The normalized spacial score (nSPS) is 14.7. The van der Waals surface area contributed by atoms with Crippen LogP contribution in [0.25, 0.3) is 11.1 Å². The lowest BCUT2D eigenvalue weighted by molar-refractivity contribution is -0.131. The number of carbonyl (C=O) groups excluding carboxylic acids is 2. The van der Waals surface area contributed by atoms with Crippen molar-refractivity contribution in [1.29, 1.82) is 0 Å². The number of fused-ring (bicyclic) bond motifs is 1. The largest absolute Gasteiger partial charge is 0.440 e. The molecule has 1 aliphatic rings. The maximum Gasteiger partial charge on any atom is 0.231 e. The number of hydrogen-bond donors (Lipinski definition) is 1. The number of oxazole rings is 1. The molecular weight excluding hydrogens is 444 g/mol. The van der Waals surface area contributed by atoms with E-state index in [0.717, 1.165) is 34.7 Å². The van der Waals surface area contributed by atoms with Crippen LogP contribution < -0.4 is 5.32 Å². The fourth-order valence-electron chi connectivity index (χ4n) is 3.89. The summed E-state index contributed by atoms with van der Waals surface area (Å²) in [6.45, 7) is 1.35. The molecule has 164 valence electrons. The minimum absolute atomic E-state index is 0.0581. The van der Waals surface area contributed by atoms with E-state index >= 15 is 0 Å². The fraction of sp³-hybridized carbons (Fsp3) is 0.304. The third-order valence-corrected chi connectivity index (χ3v) is 7.24. The van der Waals surface area contributed by atoms with Crippen LogP contribution in [0, 0.1) is 0 Å². The van der Waals surface area contributed by atoms with Crippen molar-refractivity contribution in [3.8, 4) is 0 Å². The van der Waals surface area contributed by atoms with Crippen LogP contribution in [0.5, 0.6) is 0 Å². The van der Waals surface area contributed by atoms with E-state index in [4.69, 9.17) is 4.42 Å². The van der Waals surface area contributed by atoms with Crippen LogP contribution in [0.15, 0.2) is 51.6 Å². The number of aromatic nitrogens is 2. The second-order valence-corrected chi connectivity index (χ2v) is 9.69. The molecule has 0 radical (unpaired) electrons. The average molecular weight is 467 g/mol. The molecule has 32 heavy (non-hydrogen) atoms. The Morgan fingerprint density at radius 2 is 1.91 bits per heavy atom. The predicted octanol–water partition coefficient (Wildman–Crippen LogP) is 4.48. The van der Waals surface area contributed by atoms with Crippen molar-refractivity contribution in [3.63, 3.8) is 0 Å². The zero-order chi connectivity index (χ0) is 21.9. The Hall–Kier alpha value is -3.04. The van der Waals surface area contributed by atoms with Gasteiger partial charge in [-0.25, -0.2) is 9.97 Å². The van der Waals surface area contributed by atoms with E-state index in [1.807, 2.05) is 52.1 Å². The van der Waals surface area contributed by atoms with Crippen molar-refractivity contribution in [1.82, 2.24) is 14.9 Å². The number of likely N-dealkylation sites (tertiary alicyclic amines) is 1. The second kappa shape index (κ2) is 9.22. The highest BCUT2D eigenvalue weighted by molar-refractivity contribution is 7.14. The van der Waals surface area contributed by atoms with E-state index < -0.39 is 0 Å². The molecular formula is C23H22N4O3S2. The van der Waals surface area contributed by atoms with E-state index in [1.54, 1.807) is 11.3 Å². The number of nitrogens with zero attached hydrogens (tertiary/aromatic N) is 3. The number of thiazole rings is 1. The first-order valence-corrected chi connectivity index (χ1v) is 12.3. The first kappa shape index (κ1) is 20.8. The van der Waals surface area contributed by atoms with Gasteiger partial charge in [-0.2, -0.15) is 0 Å². The number of hydrogen-bond acceptors (Lipinski definition) is 7. The minimum Gasteiger partial charge on any atom is -0.440 e. The summed E-state index contributed by atoms with van der Waals surface area (Å²) in [6.07, 6.45) is 2.24. The van der Waals surface area contributed by atoms with Gasteiger partial charge in [0.1, 0.15) is 5.52 Å². The van der Waals surface area contributed by atoms with Crippen molar-refractivity contribution in [3.05, 3.63) is 63.6 Å². The number of carbonyl (C=O) groups is 2. The standard InChI is InChI=1S/C23H22N4O3S2/c28-20(13-17-4-3-11-31-17)26-23-24-16(14-32-23)12-21(29)27-9-7-15(8-10-27)22-25-18-5-1-2-6-19(18)30-22/h1-6,11,14-15H,7-10,12-13H2,(H,24,26,28). The van der Waals surface area contributed by atoms with Gasteiger partial charge in [-0.05, 0) is 36.4 Å². The van der Waals surface area contributed by atoms with Gasteiger partial charge in [0.05, 0.1) is 18.5 Å². The van der Waals surface area contributed by atoms with Gasteiger partial charge in [0.15, 0.2) is 16.6 Å². The van der Waals surface area contributed by atoms with E-state index in [2.05, 4.69) is 15.3 Å². The highest BCUT2D eigenvalue weighted by atomic mass is 32.1. The Morgan fingerprint density at radius 1 is 1.06 bits per heavy atom. The maximum atomic E-state index is 12.8. The van der Waals surface area contributed by atoms with E-state index in [0.29, 0.717) is 30.3 Å². The molecule has 0 unspecified atom stereocenters. The van der Waals surface area contributed by atoms with Crippen LogP contribution in [-0.2, 0) is 22.4 Å². The number of amides is 2. The molecule has 0 saturated carbocycles. The molecule has 0 aliphatic carbocycles. The SMILES string of the molecule is O=C(Cc1cccs1)Nc1nc(CC(=O)N2CCC(c3nc4ccccc4o3)CC2)cs1. The third kappa shape index (κ3) is 4.73. The van der Waals surface area contributed by atoms with E-state index in [1.165, 1.54) is 11.3 Å². The highest BCUT2D eigenvalue weighted by Crippen LogP contribution is 2.30. The molecule has 1 fully saturated rings. The fourth-order valence-corrected chi connectivity index (χ4v) is 5.32. The second-order valence-electron chi connectivity index (χ2n) is 7.80. The van der Waals surface area contributed by atoms with Crippen LogP contribution in [0.1, 0.15) is 35.2 Å². The lowest BCUT2D eigenvalue weighted by Crippen LogP contribution is -2.38. The highest BCUT2D eigenvalue weighted by Gasteiger charge is 2.27. The van der Waals surface area contributed by atoms with Crippen LogP contribution >= 0.6 is 22.7 Å². The number of anilines is 1. The molecule has 0 spiro atoms. The topological polar surface area (TPSA) is 88.3 Å². The van der Waals surface area contributed by atoms with Gasteiger partial charge in [0.25, 0.3) is 0 Å². The zero-order valence-electron chi connectivity index (χ0n) is 17.3. The molecule has 5 rings (SSSR count). The lowest BCUT2D eigenvalue weighted by Gasteiger charge is -2.30. The Morgan fingerprint density at radius 3 is 2.69 bits per heavy atom. The Balaban J connectivity index is 1.12. The van der Waals surface area contributed by atoms with Gasteiger partial charge in [-0.15, -0.1) is 22.7 Å². The Bertz CT molecular complexity index is 1190. The van der Waals surface area contributed by atoms with Crippen LogP contribution in [0.4, 0.5) is 5.13 Å². The molecule has 1 aromatic carbocycles. The van der Waals surface area contributed by atoms with Gasteiger partial charge >= 0.3 is 0 Å². The average Bonchev–Trinajstić information content (AvgIpc) is 3.55. The molecule has 2 amide bonds. The van der Waals surface area contributed by atoms with Crippen molar-refractivity contribution < 1.29 is 14.0 Å². The molecule has 9 heteroatoms. The summed E-state index contributed by atoms with van der Waals surface area (Å²) in [7, 11) is 0. The maximum absolute atomic E-state index is 12.8. The monoisotopic (exact) mass is 466 g/mol. The Labute approximate surface area is 193 Å². The first-order valence-electron chi connectivity index (χ1n) is 10.5.